The number of anilines is 1. The van der Waals surface area contributed by atoms with Crippen LogP contribution in [0.2, 0.25) is 0 Å². The van der Waals surface area contributed by atoms with Crippen molar-refractivity contribution in [2.24, 2.45) is 5.41 Å². The number of rotatable bonds is 5. The fourth-order valence-electron chi connectivity index (χ4n) is 2.13. The first-order valence-corrected chi connectivity index (χ1v) is 8.97. The second-order valence-corrected chi connectivity index (χ2v) is 7.78. The average Bonchev–Trinajstić information content (AvgIpc) is 2.59. The largest absolute Gasteiger partial charge is 0.496 e. The van der Waals surface area contributed by atoms with Crippen LogP contribution in [0, 0.1) is 5.41 Å². The predicted molar refractivity (Wildman–Crippen MR) is 109 cm³/mol. The molecule has 0 heterocycles. The van der Waals surface area contributed by atoms with Gasteiger partial charge in [0.2, 0.25) is 5.91 Å². The molecule has 0 fully saturated rings. The van der Waals surface area contributed by atoms with Gasteiger partial charge in [-0.05, 0) is 54.6 Å². The molecule has 1 amide bonds. The average molecular weight is 416 g/mol. The monoisotopic (exact) mass is 415 g/mol. The SMILES string of the molecule is COc1ccc(Br)cc1/C=C/C(=O)c1ccc(NC(=O)C(C)(C)C)cc1. The first-order valence-electron chi connectivity index (χ1n) is 8.18. The van der Waals surface area contributed by atoms with Gasteiger partial charge in [0.15, 0.2) is 5.78 Å². The highest BCUT2D eigenvalue weighted by Crippen LogP contribution is 2.24. The van der Waals surface area contributed by atoms with E-state index >= 15 is 0 Å². The zero-order valence-corrected chi connectivity index (χ0v) is 16.9. The molecule has 2 aromatic rings. The number of methoxy groups -OCH3 is 1. The number of benzene rings is 2. The summed E-state index contributed by atoms with van der Waals surface area (Å²) in [6.07, 6.45) is 3.23. The minimum absolute atomic E-state index is 0.0711. The van der Waals surface area contributed by atoms with Crippen LogP contribution in [0.1, 0.15) is 36.7 Å². The van der Waals surface area contributed by atoms with Crippen molar-refractivity contribution >= 4 is 39.4 Å². The second-order valence-electron chi connectivity index (χ2n) is 6.87. The van der Waals surface area contributed by atoms with E-state index in [1.807, 2.05) is 39.0 Å². The van der Waals surface area contributed by atoms with Crippen molar-refractivity contribution in [2.75, 3.05) is 12.4 Å². The molecule has 2 rings (SSSR count). The van der Waals surface area contributed by atoms with E-state index in [1.54, 1.807) is 37.5 Å². The van der Waals surface area contributed by atoms with Crippen LogP contribution in [-0.4, -0.2) is 18.8 Å². The molecule has 0 spiro atoms. The van der Waals surface area contributed by atoms with E-state index in [1.165, 1.54) is 6.08 Å². The van der Waals surface area contributed by atoms with E-state index in [2.05, 4.69) is 21.2 Å². The molecule has 0 aliphatic carbocycles. The van der Waals surface area contributed by atoms with Crippen LogP contribution in [-0.2, 0) is 4.79 Å². The Morgan fingerprint density at radius 3 is 2.31 bits per heavy atom. The summed E-state index contributed by atoms with van der Waals surface area (Å²) in [5.74, 6) is 0.497. The van der Waals surface area contributed by atoms with Crippen molar-refractivity contribution < 1.29 is 14.3 Å². The molecule has 0 saturated carbocycles. The molecule has 4 nitrogen and oxygen atoms in total. The molecule has 0 radical (unpaired) electrons. The lowest BCUT2D eigenvalue weighted by Gasteiger charge is -2.17. The van der Waals surface area contributed by atoms with Gasteiger partial charge in [-0.2, -0.15) is 0 Å². The summed E-state index contributed by atoms with van der Waals surface area (Å²) in [4.78, 5) is 24.4. The summed E-state index contributed by atoms with van der Waals surface area (Å²) in [5.41, 5.74) is 1.55. The summed E-state index contributed by atoms with van der Waals surface area (Å²) in [7, 11) is 1.59. The second kappa shape index (κ2) is 8.32. The molecule has 0 bridgehead atoms. The van der Waals surface area contributed by atoms with E-state index in [0.717, 1.165) is 10.0 Å². The predicted octanol–water partition coefficient (Wildman–Crippen LogP) is 5.34. The van der Waals surface area contributed by atoms with Gasteiger partial charge in [0.25, 0.3) is 0 Å². The number of carbonyl (C=O) groups is 2. The Kier molecular flexibility index (Phi) is 6.37. The smallest absolute Gasteiger partial charge is 0.229 e. The van der Waals surface area contributed by atoms with Gasteiger partial charge < -0.3 is 10.1 Å². The van der Waals surface area contributed by atoms with E-state index in [0.29, 0.717) is 17.0 Å². The maximum Gasteiger partial charge on any atom is 0.229 e. The lowest BCUT2D eigenvalue weighted by atomic mass is 9.95. The van der Waals surface area contributed by atoms with Gasteiger partial charge in [-0.15, -0.1) is 0 Å². The molecule has 0 atom stereocenters. The number of hydrogen-bond acceptors (Lipinski definition) is 3. The van der Waals surface area contributed by atoms with E-state index < -0.39 is 5.41 Å². The minimum Gasteiger partial charge on any atom is -0.496 e. The topological polar surface area (TPSA) is 55.4 Å². The number of ether oxygens (including phenoxy) is 1. The van der Waals surface area contributed by atoms with Gasteiger partial charge in [0.1, 0.15) is 5.75 Å². The Hall–Kier alpha value is -2.40. The minimum atomic E-state index is -0.472. The molecule has 136 valence electrons. The highest BCUT2D eigenvalue weighted by molar-refractivity contribution is 9.10. The Balaban J connectivity index is 2.11. The van der Waals surface area contributed by atoms with Crippen LogP contribution in [0.4, 0.5) is 5.69 Å². The number of halogens is 1. The molecule has 1 N–H and O–H groups in total. The van der Waals surface area contributed by atoms with E-state index in [9.17, 15) is 9.59 Å². The van der Waals surface area contributed by atoms with Gasteiger partial charge >= 0.3 is 0 Å². The Morgan fingerprint density at radius 1 is 1.08 bits per heavy atom. The summed E-state index contributed by atoms with van der Waals surface area (Å²) >= 11 is 3.41. The highest BCUT2D eigenvalue weighted by atomic mass is 79.9. The highest BCUT2D eigenvalue weighted by Gasteiger charge is 2.21. The number of hydrogen-bond donors (Lipinski definition) is 1. The van der Waals surface area contributed by atoms with Crippen LogP contribution in [0.15, 0.2) is 53.0 Å². The molecule has 5 heteroatoms. The zero-order valence-electron chi connectivity index (χ0n) is 15.3. The molecular formula is C21H22BrNO3. The van der Waals surface area contributed by atoms with Gasteiger partial charge in [-0.1, -0.05) is 36.7 Å². The third-order valence-corrected chi connectivity index (χ3v) is 4.21. The number of ketones is 1. The van der Waals surface area contributed by atoms with Gasteiger partial charge in [-0.25, -0.2) is 0 Å². The fraction of sp³-hybridized carbons (Fsp3) is 0.238. The molecule has 2 aromatic carbocycles. The van der Waals surface area contributed by atoms with Crippen molar-refractivity contribution in [2.45, 2.75) is 20.8 Å². The van der Waals surface area contributed by atoms with E-state index in [4.69, 9.17) is 4.74 Å². The van der Waals surface area contributed by atoms with Gasteiger partial charge in [0, 0.05) is 26.7 Å². The zero-order chi connectivity index (χ0) is 19.3. The first kappa shape index (κ1) is 19.9. The van der Waals surface area contributed by atoms with Crippen LogP contribution in [0.5, 0.6) is 5.75 Å². The Labute approximate surface area is 162 Å². The first-order chi connectivity index (χ1) is 12.2. The summed E-state index contributed by atoms with van der Waals surface area (Å²) in [6, 6.07) is 12.4. The molecule has 0 aliphatic rings. The van der Waals surface area contributed by atoms with Crippen LogP contribution < -0.4 is 10.1 Å². The molecule has 0 saturated heterocycles. The molecular weight excluding hydrogens is 394 g/mol. The normalized spacial score (nSPS) is 11.4. The van der Waals surface area contributed by atoms with Crippen LogP contribution >= 0.6 is 15.9 Å². The van der Waals surface area contributed by atoms with Gasteiger partial charge in [0.05, 0.1) is 7.11 Å². The summed E-state index contributed by atoms with van der Waals surface area (Å²) in [5, 5.41) is 2.84. The number of carbonyl (C=O) groups excluding carboxylic acids is 2. The number of amides is 1. The lowest BCUT2D eigenvalue weighted by Crippen LogP contribution is -2.27. The van der Waals surface area contributed by atoms with Crippen LogP contribution in [0.3, 0.4) is 0 Å². The maximum atomic E-state index is 12.4. The fourth-order valence-corrected chi connectivity index (χ4v) is 2.51. The van der Waals surface area contributed by atoms with Gasteiger partial charge in [-0.3, -0.25) is 9.59 Å². The van der Waals surface area contributed by atoms with E-state index in [-0.39, 0.29) is 11.7 Å². The standard InChI is InChI=1S/C21H22BrNO3/c1-21(2,3)20(25)23-17-9-5-14(6-10-17)18(24)11-7-15-13-16(22)8-12-19(15)26-4/h5-13H,1-4H3,(H,23,25)/b11-7+. The van der Waals surface area contributed by atoms with Crippen LogP contribution in [0.25, 0.3) is 6.08 Å². The third-order valence-electron chi connectivity index (χ3n) is 3.71. The quantitative estimate of drug-likeness (QED) is 0.529. The molecule has 26 heavy (non-hydrogen) atoms. The number of allylic oxidation sites excluding steroid dienone is 1. The number of nitrogens with one attached hydrogen (secondary N) is 1. The summed E-state index contributed by atoms with van der Waals surface area (Å²) < 4.78 is 6.20. The van der Waals surface area contributed by atoms with Crippen molar-refractivity contribution in [1.29, 1.82) is 0 Å². The van der Waals surface area contributed by atoms with Crippen molar-refractivity contribution in [3.8, 4) is 5.75 Å². The maximum absolute atomic E-state index is 12.4. The molecule has 0 aliphatic heterocycles. The Morgan fingerprint density at radius 2 is 1.73 bits per heavy atom. The van der Waals surface area contributed by atoms with Crippen molar-refractivity contribution in [3.05, 3.63) is 64.1 Å². The van der Waals surface area contributed by atoms with Crippen molar-refractivity contribution in [1.82, 2.24) is 0 Å². The Bertz CT molecular complexity index is 833. The summed E-state index contributed by atoms with van der Waals surface area (Å²) in [6.45, 7) is 5.55. The molecule has 0 unspecified atom stereocenters. The molecule has 0 aromatic heterocycles. The third kappa shape index (κ3) is 5.30. The lowest BCUT2D eigenvalue weighted by molar-refractivity contribution is -0.123. The van der Waals surface area contributed by atoms with Crippen molar-refractivity contribution in [3.63, 3.8) is 0 Å².